The minimum Gasteiger partial charge on any atom is -0.368 e. The number of carbonyl (C=O) groups is 2. The number of anilines is 1. The molecule has 134 valence electrons. The maximum absolute atomic E-state index is 13.3. The number of para-hydroxylation sites is 1. The van der Waals surface area contributed by atoms with Gasteiger partial charge in [-0.2, -0.15) is 0 Å². The lowest BCUT2D eigenvalue weighted by Crippen LogP contribution is -2.45. The number of benzene rings is 2. The molecule has 1 fully saturated rings. The number of halogens is 1. The molecule has 0 saturated carbocycles. The third-order valence-electron chi connectivity index (χ3n) is 5.38. The lowest BCUT2D eigenvalue weighted by molar-refractivity contribution is -0.125. The highest BCUT2D eigenvalue weighted by atomic mass is 35.5. The number of primary amides is 1. The Kier molecular flexibility index (Phi) is 4.21. The van der Waals surface area contributed by atoms with Gasteiger partial charge in [0.15, 0.2) is 0 Å². The molecule has 2 heterocycles. The highest BCUT2D eigenvalue weighted by Gasteiger charge is 2.54. The molecule has 1 atom stereocenters. The molecule has 2 aliphatic rings. The van der Waals surface area contributed by atoms with Gasteiger partial charge in [-0.25, -0.2) is 0 Å². The number of nitrogens with two attached hydrogens (primary N) is 1. The van der Waals surface area contributed by atoms with Gasteiger partial charge >= 0.3 is 0 Å². The molecule has 0 radical (unpaired) electrons. The predicted molar refractivity (Wildman–Crippen MR) is 101 cm³/mol. The summed E-state index contributed by atoms with van der Waals surface area (Å²) in [5.74, 6) is -0.532. The molecule has 0 aliphatic carbocycles. The Labute approximate surface area is 157 Å². The van der Waals surface area contributed by atoms with Gasteiger partial charge in [-0.1, -0.05) is 48.0 Å². The van der Waals surface area contributed by atoms with Gasteiger partial charge in [0, 0.05) is 23.8 Å². The number of hydrogen-bond acceptors (Lipinski definition) is 3. The average molecular weight is 370 g/mol. The van der Waals surface area contributed by atoms with E-state index < -0.39 is 11.3 Å². The number of amides is 2. The van der Waals surface area contributed by atoms with E-state index in [9.17, 15) is 9.59 Å². The summed E-state index contributed by atoms with van der Waals surface area (Å²) in [6.45, 7) is 2.04. The fourth-order valence-electron chi connectivity index (χ4n) is 4.20. The fraction of sp³-hybridized carbons (Fsp3) is 0.300. The number of rotatable bonds is 4. The van der Waals surface area contributed by atoms with Crippen molar-refractivity contribution in [2.75, 3.05) is 24.5 Å². The van der Waals surface area contributed by atoms with Crippen LogP contribution in [0.4, 0.5) is 5.69 Å². The summed E-state index contributed by atoms with van der Waals surface area (Å²) in [7, 11) is 0. The Morgan fingerprint density at radius 1 is 1.15 bits per heavy atom. The SMILES string of the molecule is NC(=O)CN1C(=O)[C@@]2(CCN(Cc3ccccc3Cl)C2)c2ccccc21. The quantitative estimate of drug-likeness (QED) is 0.899. The minimum absolute atomic E-state index is 0.0286. The largest absolute Gasteiger partial charge is 0.368 e. The summed E-state index contributed by atoms with van der Waals surface area (Å²) < 4.78 is 0. The van der Waals surface area contributed by atoms with Gasteiger partial charge < -0.3 is 10.6 Å². The van der Waals surface area contributed by atoms with Crippen molar-refractivity contribution in [2.24, 2.45) is 5.73 Å². The van der Waals surface area contributed by atoms with Crippen LogP contribution in [0.2, 0.25) is 5.02 Å². The first-order valence-corrected chi connectivity index (χ1v) is 9.04. The van der Waals surface area contributed by atoms with E-state index in [1.54, 1.807) is 0 Å². The van der Waals surface area contributed by atoms with E-state index in [0.717, 1.165) is 34.8 Å². The maximum Gasteiger partial charge on any atom is 0.239 e. The predicted octanol–water partition coefficient (Wildman–Crippen LogP) is 2.32. The normalized spacial score (nSPS) is 22.2. The van der Waals surface area contributed by atoms with E-state index in [4.69, 9.17) is 17.3 Å². The highest BCUT2D eigenvalue weighted by Crippen LogP contribution is 2.47. The number of carbonyl (C=O) groups excluding carboxylic acids is 2. The van der Waals surface area contributed by atoms with Gasteiger partial charge in [-0.15, -0.1) is 0 Å². The summed E-state index contributed by atoms with van der Waals surface area (Å²) in [5, 5.41) is 0.738. The first kappa shape index (κ1) is 17.1. The smallest absolute Gasteiger partial charge is 0.239 e. The molecule has 0 aromatic heterocycles. The summed E-state index contributed by atoms with van der Waals surface area (Å²) in [5.41, 5.74) is 7.61. The molecular formula is C20H20ClN3O2. The molecule has 2 N–H and O–H groups in total. The standard InChI is InChI=1S/C20H20ClN3O2/c21-16-7-3-1-5-14(16)11-23-10-9-20(13-23)15-6-2-4-8-17(15)24(19(20)26)12-18(22)25/h1-8H,9-13H2,(H2,22,25)/t20-/m1/s1. The molecular weight excluding hydrogens is 350 g/mol. The molecule has 4 rings (SSSR count). The Hall–Kier alpha value is -2.37. The van der Waals surface area contributed by atoms with Gasteiger partial charge in [0.25, 0.3) is 0 Å². The molecule has 2 aromatic rings. The van der Waals surface area contributed by atoms with Crippen molar-refractivity contribution in [1.29, 1.82) is 0 Å². The molecule has 6 heteroatoms. The van der Waals surface area contributed by atoms with Crippen LogP contribution < -0.4 is 10.6 Å². The molecule has 1 saturated heterocycles. The highest BCUT2D eigenvalue weighted by molar-refractivity contribution is 6.31. The van der Waals surface area contributed by atoms with Crippen LogP contribution in [-0.4, -0.2) is 36.3 Å². The topological polar surface area (TPSA) is 66.6 Å². The average Bonchev–Trinajstić information content (AvgIpc) is 3.14. The molecule has 2 amide bonds. The summed E-state index contributed by atoms with van der Waals surface area (Å²) >= 11 is 6.29. The second kappa shape index (κ2) is 6.41. The number of hydrogen-bond donors (Lipinski definition) is 1. The minimum atomic E-state index is -0.604. The van der Waals surface area contributed by atoms with E-state index >= 15 is 0 Å². The molecule has 2 aromatic carbocycles. The van der Waals surface area contributed by atoms with Crippen LogP contribution in [0.25, 0.3) is 0 Å². The fourth-order valence-corrected chi connectivity index (χ4v) is 4.39. The molecule has 26 heavy (non-hydrogen) atoms. The van der Waals surface area contributed by atoms with Crippen molar-refractivity contribution in [1.82, 2.24) is 4.90 Å². The van der Waals surface area contributed by atoms with Crippen molar-refractivity contribution < 1.29 is 9.59 Å². The second-order valence-electron chi connectivity index (χ2n) is 7.01. The van der Waals surface area contributed by atoms with E-state index in [1.165, 1.54) is 4.90 Å². The summed E-state index contributed by atoms with van der Waals surface area (Å²) in [4.78, 5) is 28.5. The Morgan fingerprint density at radius 2 is 1.88 bits per heavy atom. The number of nitrogens with zero attached hydrogens (tertiary/aromatic N) is 2. The zero-order chi connectivity index (χ0) is 18.3. The monoisotopic (exact) mass is 369 g/mol. The van der Waals surface area contributed by atoms with Crippen LogP contribution in [0.1, 0.15) is 17.5 Å². The van der Waals surface area contributed by atoms with E-state index in [-0.39, 0.29) is 12.5 Å². The van der Waals surface area contributed by atoms with Crippen LogP contribution in [0.5, 0.6) is 0 Å². The van der Waals surface area contributed by atoms with Gasteiger partial charge in [-0.3, -0.25) is 14.5 Å². The van der Waals surface area contributed by atoms with Crippen LogP contribution in [0.3, 0.4) is 0 Å². The van der Waals surface area contributed by atoms with Crippen LogP contribution >= 0.6 is 11.6 Å². The van der Waals surface area contributed by atoms with Crippen LogP contribution in [0.15, 0.2) is 48.5 Å². The van der Waals surface area contributed by atoms with E-state index in [0.29, 0.717) is 13.1 Å². The maximum atomic E-state index is 13.3. The van der Waals surface area contributed by atoms with Gasteiger partial charge in [0.05, 0.1) is 5.41 Å². The molecule has 2 aliphatic heterocycles. The summed E-state index contributed by atoms with van der Waals surface area (Å²) in [6, 6.07) is 15.5. The third-order valence-corrected chi connectivity index (χ3v) is 5.75. The number of fused-ring (bicyclic) bond motifs is 2. The van der Waals surface area contributed by atoms with E-state index in [2.05, 4.69) is 4.90 Å². The Bertz CT molecular complexity index is 885. The summed E-state index contributed by atoms with van der Waals surface area (Å²) in [6.07, 6.45) is 0.725. The molecule has 0 unspecified atom stereocenters. The molecule has 1 spiro atoms. The van der Waals surface area contributed by atoms with Crippen molar-refractivity contribution in [3.05, 3.63) is 64.7 Å². The zero-order valence-corrected chi connectivity index (χ0v) is 15.1. The molecule has 5 nitrogen and oxygen atoms in total. The third kappa shape index (κ3) is 2.68. The van der Waals surface area contributed by atoms with Crippen LogP contribution in [0, 0.1) is 0 Å². The van der Waals surface area contributed by atoms with Crippen molar-refractivity contribution in [3.63, 3.8) is 0 Å². The van der Waals surface area contributed by atoms with Crippen LogP contribution in [-0.2, 0) is 21.5 Å². The van der Waals surface area contributed by atoms with E-state index in [1.807, 2.05) is 48.5 Å². The molecule has 0 bridgehead atoms. The first-order valence-electron chi connectivity index (χ1n) is 8.67. The number of likely N-dealkylation sites (tertiary alicyclic amines) is 1. The lowest BCUT2D eigenvalue weighted by atomic mass is 9.81. The lowest BCUT2D eigenvalue weighted by Gasteiger charge is -2.24. The van der Waals surface area contributed by atoms with Crippen molar-refractivity contribution in [2.45, 2.75) is 18.4 Å². The van der Waals surface area contributed by atoms with Gasteiger partial charge in [0.2, 0.25) is 11.8 Å². The zero-order valence-electron chi connectivity index (χ0n) is 14.3. The first-order chi connectivity index (χ1) is 12.5. The Morgan fingerprint density at radius 3 is 2.65 bits per heavy atom. The van der Waals surface area contributed by atoms with Gasteiger partial charge in [-0.05, 0) is 36.2 Å². The van der Waals surface area contributed by atoms with Crippen molar-refractivity contribution >= 4 is 29.1 Å². The second-order valence-corrected chi connectivity index (χ2v) is 7.42. The van der Waals surface area contributed by atoms with Crippen molar-refractivity contribution in [3.8, 4) is 0 Å². The Balaban J connectivity index is 1.64. The van der Waals surface area contributed by atoms with Gasteiger partial charge in [0.1, 0.15) is 6.54 Å².